The van der Waals surface area contributed by atoms with Gasteiger partial charge in [-0.05, 0) is 34.1 Å². The van der Waals surface area contributed by atoms with Crippen LogP contribution in [-0.2, 0) is 0 Å². The Morgan fingerprint density at radius 3 is 2.93 bits per heavy atom. The summed E-state index contributed by atoms with van der Waals surface area (Å²) in [5, 5.41) is 8.77. The number of hydrogen-bond acceptors (Lipinski definition) is 3. The number of halogens is 1. The molecule has 2 rings (SSSR count). The van der Waals surface area contributed by atoms with Gasteiger partial charge in [0.15, 0.2) is 5.69 Å². The fraction of sp³-hybridized carbons (Fsp3) is 0. The van der Waals surface area contributed by atoms with Gasteiger partial charge in [-0.1, -0.05) is 0 Å². The molecule has 0 fully saturated rings. The van der Waals surface area contributed by atoms with Crippen molar-refractivity contribution in [3.05, 3.63) is 40.8 Å². The number of aromatic nitrogens is 1. The zero-order valence-corrected chi connectivity index (χ0v) is 8.65. The van der Waals surface area contributed by atoms with Gasteiger partial charge in [-0.25, -0.2) is 4.98 Å². The van der Waals surface area contributed by atoms with Crippen molar-refractivity contribution in [2.24, 2.45) is 0 Å². The Bertz CT molecular complexity index is 485. The molecule has 0 N–H and O–H groups in total. The largest absolute Gasteiger partial charge is 0.464 e. The number of nitrogens with zero attached hydrogens (tertiary/aromatic N) is 2. The van der Waals surface area contributed by atoms with Crippen LogP contribution in [0.15, 0.2) is 39.5 Å². The molecule has 0 saturated heterocycles. The van der Waals surface area contributed by atoms with Gasteiger partial charge in [0.1, 0.15) is 11.8 Å². The highest BCUT2D eigenvalue weighted by Gasteiger charge is 2.09. The molecule has 0 saturated carbocycles. The highest BCUT2D eigenvalue weighted by molar-refractivity contribution is 9.10. The number of hydrogen-bond donors (Lipinski definition) is 0. The van der Waals surface area contributed by atoms with E-state index in [1.165, 1.54) is 0 Å². The first kappa shape index (κ1) is 8.97. The van der Waals surface area contributed by atoms with E-state index in [0.29, 0.717) is 10.2 Å². The minimum absolute atomic E-state index is 0.360. The lowest BCUT2D eigenvalue weighted by molar-refractivity contribution is 0.582. The number of rotatable bonds is 1. The lowest BCUT2D eigenvalue weighted by Gasteiger charge is -2.00. The molecule has 0 spiro atoms. The Labute approximate surface area is 89.1 Å². The molecule has 2 aromatic rings. The van der Waals surface area contributed by atoms with Crippen LogP contribution in [0, 0.1) is 11.3 Å². The third-order valence-electron chi connectivity index (χ3n) is 1.78. The molecule has 4 heteroatoms. The molecule has 2 aromatic heterocycles. The molecule has 0 radical (unpaired) electrons. The highest BCUT2D eigenvalue weighted by Crippen LogP contribution is 2.29. The van der Waals surface area contributed by atoms with Crippen LogP contribution < -0.4 is 0 Å². The summed E-state index contributed by atoms with van der Waals surface area (Å²) >= 11 is 3.32. The molecule has 14 heavy (non-hydrogen) atoms. The summed E-state index contributed by atoms with van der Waals surface area (Å²) in [5.41, 5.74) is 1.19. The van der Waals surface area contributed by atoms with Crippen molar-refractivity contribution >= 4 is 15.9 Å². The fourth-order valence-corrected chi connectivity index (χ4v) is 1.66. The Hall–Kier alpha value is -1.60. The molecule has 0 atom stereocenters. The topological polar surface area (TPSA) is 49.8 Å². The Balaban J connectivity index is 2.61. The fourth-order valence-electron chi connectivity index (χ4n) is 1.14. The average Bonchev–Trinajstić information content (AvgIpc) is 2.71. The second-order valence-corrected chi connectivity index (χ2v) is 3.40. The van der Waals surface area contributed by atoms with Crippen LogP contribution >= 0.6 is 15.9 Å². The first-order valence-electron chi connectivity index (χ1n) is 3.91. The SMILES string of the molecule is N#Cc1nccc(-c2ccco2)c1Br. The van der Waals surface area contributed by atoms with E-state index in [1.54, 1.807) is 24.6 Å². The normalized spacial score (nSPS) is 9.71. The lowest BCUT2D eigenvalue weighted by Crippen LogP contribution is -1.86. The summed E-state index contributed by atoms with van der Waals surface area (Å²) in [6.07, 6.45) is 3.18. The maximum Gasteiger partial charge on any atom is 0.155 e. The predicted molar refractivity (Wildman–Crippen MR) is 54.4 cm³/mol. The van der Waals surface area contributed by atoms with E-state index in [4.69, 9.17) is 9.68 Å². The third kappa shape index (κ3) is 1.42. The molecule has 0 aliphatic carbocycles. The van der Waals surface area contributed by atoms with Crippen molar-refractivity contribution in [2.75, 3.05) is 0 Å². The van der Waals surface area contributed by atoms with E-state index < -0.39 is 0 Å². The summed E-state index contributed by atoms with van der Waals surface area (Å²) in [4.78, 5) is 3.92. The van der Waals surface area contributed by atoms with E-state index in [2.05, 4.69) is 20.9 Å². The number of pyridine rings is 1. The number of nitriles is 1. The maximum atomic E-state index is 8.77. The minimum atomic E-state index is 0.360. The van der Waals surface area contributed by atoms with E-state index in [-0.39, 0.29) is 0 Å². The van der Waals surface area contributed by atoms with Gasteiger partial charge in [-0.2, -0.15) is 5.26 Å². The van der Waals surface area contributed by atoms with Gasteiger partial charge in [0.2, 0.25) is 0 Å². The van der Waals surface area contributed by atoms with Crippen molar-refractivity contribution in [3.8, 4) is 17.4 Å². The maximum absolute atomic E-state index is 8.77. The summed E-state index contributed by atoms with van der Waals surface area (Å²) in [6, 6.07) is 7.43. The quantitative estimate of drug-likeness (QED) is 0.780. The van der Waals surface area contributed by atoms with Gasteiger partial charge in [0.05, 0.1) is 10.7 Å². The smallest absolute Gasteiger partial charge is 0.155 e. The molecule has 2 heterocycles. The van der Waals surface area contributed by atoms with Gasteiger partial charge < -0.3 is 4.42 Å². The molecule has 3 nitrogen and oxygen atoms in total. The molecule has 0 aliphatic rings. The first-order valence-corrected chi connectivity index (χ1v) is 4.70. The highest BCUT2D eigenvalue weighted by atomic mass is 79.9. The molecule has 0 aliphatic heterocycles. The van der Waals surface area contributed by atoms with Crippen molar-refractivity contribution in [1.82, 2.24) is 4.98 Å². The van der Waals surface area contributed by atoms with Crippen molar-refractivity contribution in [1.29, 1.82) is 5.26 Å². The van der Waals surface area contributed by atoms with E-state index >= 15 is 0 Å². The lowest BCUT2D eigenvalue weighted by atomic mass is 10.2. The van der Waals surface area contributed by atoms with Gasteiger partial charge in [-0.3, -0.25) is 0 Å². The second kappa shape index (κ2) is 3.64. The third-order valence-corrected chi connectivity index (χ3v) is 2.58. The first-order chi connectivity index (χ1) is 6.83. The molecule has 68 valence electrons. The van der Waals surface area contributed by atoms with Crippen molar-refractivity contribution < 1.29 is 4.42 Å². The zero-order valence-electron chi connectivity index (χ0n) is 7.07. The standard InChI is InChI=1S/C10H5BrN2O/c11-10-7(9-2-1-5-14-9)3-4-13-8(10)6-12/h1-5H. The van der Waals surface area contributed by atoms with E-state index in [1.807, 2.05) is 12.1 Å². The second-order valence-electron chi connectivity index (χ2n) is 2.61. The van der Waals surface area contributed by atoms with Crippen molar-refractivity contribution in [2.45, 2.75) is 0 Å². The zero-order chi connectivity index (χ0) is 9.97. The summed E-state index contributed by atoms with van der Waals surface area (Å²) < 4.78 is 5.90. The molecular weight excluding hydrogens is 244 g/mol. The van der Waals surface area contributed by atoms with Crippen LogP contribution in [0.25, 0.3) is 11.3 Å². The summed E-state index contributed by atoms with van der Waals surface area (Å²) in [6.45, 7) is 0. The van der Waals surface area contributed by atoms with Gasteiger partial charge >= 0.3 is 0 Å². The molecule has 0 aromatic carbocycles. The van der Waals surface area contributed by atoms with Crippen molar-refractivity contribution in [3.63, 3.8) is 0 Å². The summed E-state index contributed by atoms with van der Waals surface area (Å²) in [7, 11) is 0. The van der Waals surface area contributed by atoms with E-state index in [9.17, 15) is 0 Å². The molecule has 0 unspecified atom stereocenters. The van der Waals surface area contributed by atoms with E-state index in [0.717, 1.165) is 11.3 Å². The molecule has 0 amide bonds. The minimum Gasteiger partial charge on any atom is -0.464 e. The van der Waals surface area contributed by atoms with Gasteiger partial charge in [-0.15, -0.1) is 0 Å². The van der Waals surface area contributed by atoms with Crippen LogP contribution in [0.3, 0.4) is 0 Å². The van der Waals surface area contributed by atoms with Gasteiger partial charge in [0.25, 0.3) is 0 Å². The average molecular weight is 249 g/mol. The van der Waals surface area contributed by atoms with Gasteiger partial charge in [0, 0.05) is 11.8 Å². The Morgan fingerprint density at radius 2 is 2.29 bits per heavy atom. The van der Waals surface area contributed by atoms with Crippen LogP contribution in [0.2, 0.25) is 0 Å². The summed E-state index contributed by atoms with van der Waals surface area (Å²) in [5.74, 6) is 0.718. The van der Waals surface area contributed by atoms with Crippen LogP contribution in [0.4, 0.5) is 0 Å². The predicted octanol–water partition coefficient (Wildman–Crippen LogP) is 2.98. The monoisotopic (exact) mass is 248 g/mol. The molecular formula is C10H5BrN2O. The van der Waals surface area contributed by atoms with Crippen LogP contribution in [-0.4, -0.2) is 4.98 Å². The number of furan rings is 1. The van der Waals surface area contributed by atoms with Crippen LogP contribution in [0.1, 0.15) is 5.69 Å². The van der Waals surface area contributed by atoms with Crippen LogP contribution in [0.5, 0.6) is 0 Å². The Kier molecular flexibility index (Phi) is 2.33. The molecule has 0 bridgehead atoms. The Morgan fingerprint density at radius 1 is 1.43 bits per heavy atom.